The van der Waals surface area contributed by atoms with Gasteiger partial charge in [0.05, 0.1) is 0 Å². The van der Waals surface area contributed by atoms with E-state index in [1.165, 1.54) is 12.8 Å². The zero-order valence-electron chi connectivity index (χ0n) is 5.62. The summed E-state index contributed by atoms with van der Waals surface area (Å²) >= 11 is 0. The van der Waals surface area contributed by atoms with E-state index >= 15 is 0 Å². The van der Waals surface area contributed by atoms with Gasteiger partial charge in [0.2, 0.25) is 0 Å². The second-order valence-corrected chi connectivity index (χ2v) is 2.08. The lowest BCUT2D eigenvalue weighted by Gasteiger charge is -2.15. The molecule has 1 atom stereocenters. The zero-order valence-corrected chi connectivity index (χ0v) is 5.62. The molecular weight excluding hydrogens is 122 g/mol. The quantitative estimate of drug-likeness (QED) is 0.506. The Morgan fingerprint density at radius 2 is 2.11 bits per heavy atom. The normalized spacial score (nSPS) is 14.6. The fraction of sp³-hybridized carbons (Fsp3) is 0.714. The molecule has 0 aromatic rings. The third-order valence-corrected chi connectivity index (χ3v) is 1.42. The van der Waals surface area contributed by atoms with Gasteiger partial charge in [-0.1, -0.05) is 13.8 Å². The van der Waals surface area contributed by atoms with Gasteiger partial charge in [-0.15, -0.1) is 6.42 Å². The molecule has 52 valence electrons. The van der Waals surface area contributed by atoms with E-state index < -0.39 is 11.8 Å². The fourth-order valence-electron chi connectivity index (χ4n) is 0.399. The molecule has 9 heavy (non-hydrogen) atoms. The Labute approximate surface area is 54.3 Å². The molecular formula is C7H10F2. The van der Waals surface area contributed by atoms with Crippen LogP contribution in [0.5, 0.6) is 0 Å². The molecule has 0 aliphatic rings. The lowest BCUT2D eigenvalue weighted by atomic mass is 10.0. The number of alkyl halides is 2. The molecule has 2 heteroatoms. The predicted molar refractivity (Wildman–Crippen MR) is 33.2 cm³/mol. The standard InChI is InChI=1S/C7H10F2/c1-4-6(3)7(8,9)5-2/h2,6H,4H2,1,3H3. The summed E-state index contributed by atoms with van der Waals surface area (Å²) in [5.74, 6) is -2.17. The van der Waals surface area contributed by atoms with Crippen LogP contribution < -0.4 is 0 Å². The molecule has 1 unspecified atom stereocenters. The highest BCUT2D eigenvalue weighted by Gasteiger charge is 2.31. The largest absolute Gasteiger partial charge is 0.310 e. The van der Waals surface area contributed by atoms with Gasteiger partial charge in [0.15, 0.2) is 0 Å². The van der Waals surface area contributed by atoms with Gasteiger partial charge in [-0.25, -0.2) is 0 Å². The number of halogens is 2. The van der Waals surface area contributed by atoms with Crippen molar-refractivity contribution < 1.29 is 8.78 Å². The maximum atomic E-state index is 12.3. The lowest BCUT2D eigenvalue weighted by Crippen LogP contribution is -2.22. The molecule has 0 amide bonds. The van der Waals surface area contributed by atoms with Crippen LogP contribution in [0.15, 0.2) is 0 Å². The Balaban J connectivity index is 4.01. The van der Waals surface area contributed by atoms with E-state index in [-0.39, 0.29) is 0 Å². The smallest absolute Gasteiger partial charge is 0.192 e. The Morgan fingerprint density at radius 1 is 1.67 bits per heavy atom. The van der Waals surface area contributed by atoms with E-state index in [1.807, 2.05) is 0 Å². The summed E-state index contributed by atoms with van der Waals surface area (Å²) in [4.78, 5) is 0. The molecule has 0 rings (SSSR count). The van der Waals surface area contributed by atoms with E-state index in [0.717, 1.165) is 0 Å². The summed E-state index contributed by atoms with van der Waals surface area (Å²) in [6.45, 7) is 3.13. The molecule has 0 N–H and O–H groups in total. The van der Waals surface area contributed by atoms with E-state index in [2.05, 4.69) is 6.42 Å². The Bertz CT molecular complexity index is 121. The summed E-state index contributed by atoms with van der Waals surface area (Å²) in [5, 5.41) is 0. The first kappa shape index (κ1) is 8.42. The van der Waals surface area contributed by atoms with Crippen molar-refractivity contribution in [2.24, 2.45) is 5.92 Å². The van der Waals surface area contributed by atoms with Crippen LogP contribution in [-0.2, 0) is 0 Å². The average Bonchev–Trinajstić information content (AvgIpc) is 1.86. The number of terminal acetylenes is 1. The molecule has 0 bridgehead atoms. The van der Waals surface area contributed by atoms with Crippen LogP contribution in [0, 0.1) is 18.3 Å². The van der Waals surface area contributed by atoms with Crippen molar-refractivity contribution in [1.82, 2.24) is 0 Å². The molecule has 0 saturated heterocycles. The van der Waals surface area contributed by atoms with Gasteiger partial charge < -0.3 is 0 Å². The van der Waals surface area contributed by atoms with Crippen molar-refractivity contribution in [2.75, 3.05) is 0 Å². The van der Waals surface area contributed by atoms with Gasteiger partial charge >= 0.3 is 5.92 Å². The maximum Gasteiger partial charge on any atom is 0.310 e. The summed E-state index contributed by atoms with van der Waals surface area (Å²) in [5.41, 5.74) is 0. The molecule has 0 aromatic carbocycles. The lowest BCUT2D eigenvalue weighted by molar-refractivity contribution is 0.00776. The van der Waals surface area contributed by atoms with Gasteiger partial charge in [-0.2, -0.15) is 8.78 Å². The molecule has 0 saturated carbocycles. The molecule has 0 aliphatic carbocycles. The van der Waals surface area contributed by atoms with Crippen molar-refractivity contribution in [3.8, 4) is 12.3 Å². The highest BCUT2D eigenvalue weighted by atomic mass is 19.3. The molecule has 0 fully saturated rings. The number of hydrogen-bond donors (Lipinski definition) is 0. The van der Waals surface area contributed by atoms with Crippen molar-refractivity contribution in [1.29, 1.82) is 0 Å². The molecule has 0 spiro atoms. The van der Waals surface area contributed by atoms with Gasteiger partial charge in [-0.3, -0.25) is 0 Å². The zero-order chi connectivity index (χ0) is 7.49. The summed E-state index contributed by atoms with van der Waals surface area (Å²) < 4.78 is 24.6. The molecule has 0 heterocycles. The van der Waals surface area contributed by atoms with Gasteiger partial charge in [0, 0.05) is 5.92 Å². The summed E-state index contributed by atoms with van der Waals surface area (Å²) in [6, 6.07) is 0. The van der Waals surface area contributed by atoms with Gasteiger partial charge in [0.25, 0.3) is 0 Å². The van der Waals surface area contributed by atoms with Crippen molar-refractivity contribution in [3.05, 3.63) is 0 Å². The summed E-state index contributed by atoms with van der Waals surface area (Å²) in [7, 11) is 0. The van der Waals surface area contributed by atoms with E-state index in [1.54, 1.807) is 6.92 Å². The molecule has 0 radical (unpaired) electrons. The van der Waals surface area contributed by atoms with Gasteiger partial charge in [0.1, 0.15) is 0 Å². The van der Waals surface area contributed by atoms with Crippen LogP contribution in [0.1, 0.15) is 20.3 Å². The first-order valence-corrected chi connectivity index (χ1v) is 2.90. The highest BCUT2D eigenvalue weighted by molar-refractivity contribution is 5.02. The van der Waals surface area contributed by atoms with E-state index in [0.29, 0.717) is 6.42 Å². The third-order valence-electron chi connectivity index (χ3n) is 1.42. The Hall–Kier alpha value is -0.580. The van der Waals surface area contributed by atoms with Crippen LogP contribution in [0.4, 0.5) is 8.78 Å². The number of rotatable bonds is 2. The topological polar surface area (TPSA) is 0 Å². The molecule has 0 aromatic heterocycles. The van der Waals surface area contributed by atoms with Crippen molar-refractivity contribution in [3.63, 3.8) is 0 Å². The average molecular weight is 132 g/mol. The molecule has 0 nitrogen and oxygen atoms in total. The second-order valence-electron chi connectivity index (χ2n) is 2.08. The molecule has 0 aliphatic heterocycles. The van der Waals surface area contributed by atoms with E-state index in [9.17, 15) is 8.78 Å². The van der Waals surface area contributed by atoms with Crippen LogP contribution >= 0.6 is 0 Å². The second kappa shape index (κ2) is 2.82. The first-order valence-electron chi connectivity index (χ1n) is 2.90. The highest BCUT2D eigenvalue weighted by Crippen LogP contribution is 2.25. The minimum atomic E-state index is -2.92. The fourth-order valence-corrected chi connectivity index (χ4v) is 0.399. The van der Waals surface area contributed by atoms with Crippen molar-refractivity contribution in [2.45, 2.75) is 26.2 Å². The first-order chi connectivity index (χ1) is 4.04. The Kier molecular flexibility index (Phi) is 2.64. The summed E-state index contributed by atoms with van der Waals surface area (Å²) in [6.07, 6.45) is 5.00. The predicted octanol–water partition coefficient (Wildman–Crippen LogP) is 2.30. The minimum Gasteiger partial charge on any atom is -0.192 e. The van der Waals surface area contributed by atoms with Crippen LogP contribution in [0.2, 0.25) is 0 Å². The SMILES string of the molecule is C#CC(F)(F)C(C)CC. The number of hydrogen-bond acceptors (Lipinski definition) is 0. The minimum absolute atomic E-state index is 0.414. The maximum absolute atomic E-state index is 12.3. The van der Waals surface area contributed by atoms with E-state index in [4.69, 9.17) is 0 Å². The van der Waals surface area contributed by atoms with Gasteiger partial charge in [-0.05, 0) is 12.3 Å². The third kappa shape index (κ3) is 2.01. The van der Waals surface area contributed by atoms with Crippen molar-refractivity contribution >= 4 is 0 Å². The van der Waals surface area contributed by atoms with Crippen LogP contribution in [0.25, 0.3) is 0 Å². The Morgan fingerprint density at radius 3 is 2.22 bits per heavy atom. The van der Waals surface area contributed by atoms with Crippen LogP contribution in [0.3, 0.4) is 0 Å². The monoisotopic (exact) mass is 132 g/mol. The van der Waals surface area contributed by atoms with Crippen LogP contribution in [-0.4, -0.2) is 5.92 Å².